The molecule has 0 aliphatic carbocycles. The molecule has 3 N–H and O–H groups in total. The lowest BCUT2D eigenvalue weighted by Gasteiger charge is -2.13. The Morgan fingerprint density at radius 2 is 1.86 bits per heavy atom. The van der Waals surface area contributed by atoms with Crippen molar-refractivity contribution >= 4 is 21.7 Å². The van der Waals surface area contributed by atoms with Crippen molar-refractivity contribution < 1.29 is 23.1 Å². The first kappa shape index (κ1) is 21.9. The second-order valence-corrected chi connectivity index (χ2v) is 8.29. The summed E-state index contributed by atoms with van der Waals surface area (Å²) >= 11 is 0. The van der Waals surface area contributed by atoms with Crippen molar-refractivity contribution in [3.05, 3.63) is 59.7 Å². The molecule has 0 spiro atoms. The number of rotatable bonds is 11. The molecular weight excluding hydrogens is 380 g/mol. The Balaban J connectivity index is 2.06. The average Bonchev–Trinajstić information content (AvgIpc) is 2.66. The van der Waals surface area contributed by atoms with Gasteiger partial charge in [0, 0.05) is 25.4 Å². The standard InChI is InChI=1S/C20H26N2O5S/c1-15(2)27-12-6-11-21-19-10-9-17(13-18(19)20(23)24)28(25,26)22-14-16-7-4-3-5-8-16/h3-5,7-10,13,15,21-22H,6,11-12,14H2,1-2H3,(H,23,24). The lowest BCUT2D eigenvalue weighted by Crippen LogP contribution is -2.23. The van der Waals surface area contributed by atoms with Crippen LogP contribution in [0.3, 0.4) is 0 Å². The fraction of sp³-hybridized carbons (Fsp3) is 0.350. The molecule has 0 aromatic heterocycles. The Bertz CT molecular complexity index is 883. The van der Waals surface area contributed by atoms with E-state index >= 15 is 0 Å². The molecule has 0 aliphatic rings. The highest BCUT2D eigenvalue weighted by molar-refractivity contribution is 7.89. The van der Waals surface area contributed by atoms with Crippen LogP contribution in [0.25, 0.3) is 0 Å². The Labute approximate surface area is 165 Å². The number of nitrogens with one attached hydrogen (secondary N) is 2. The highest BCUT2D eigenvalue weighted by Gasteiger charge is 2.18. The molecule has 8 heteroatoms. The number of ether oxygens (including phenoxy) is 1. The molecule has 7 nitrogen and oxygen atoms in total. The smallest absolute Gasteiger partial charge is 0.337 e. The maximum Gasteiger partial charge on any atom is 0.337 e. The lowest BCUT2D eigenvalue weighted by molar-refractivity contribution is 0.0697. The molecule has 0 bridgehead atoms. The minimum absolute atomic E-state index is 0.0884. The fourth-order valence-electron chi connectivity index (χ4n) is 2.49. The molecule has 0 aliphatic heterocycles. The first-order valence-corrected chi connectivity index (χ1v) is 10.5. The van der Waals surface area contributed by atoms with Gasteiger partial charge in [-0.15, -0.1) is 0 Å². The van der Waals surface area contributed by atoms with E-state index in [2.05, 4.69) is 10.0 Å². The largest absolute Gasteiger partial charge is 0.478 e. The van der Waals surface area contributed by atoms with Gasteiger partial charge in [0.1, 0.15) is 0 Å². The van der Waals surface area contributed by atoms with Gasteiger partial charge in [-0.3, -0.25) is 0 Å². The zero-order valence-electron chi connectivity index (χ0n) is 16.0. The van der Waals surface area contributed by atoms with Gasteiger partial charge in [0.2, 0.25) is 10.0 Å². The van der Waals surface area contributed by atoms with Crippen molar-refractivity contribution in [1.29, 1.82) is 0 Å². The van der Waals surface area contributed by atoms with Gasteiger partial charge in [0.05, 0.1) is 16.6 Å². The van der Waals surface area contributed by atoms with Crippen LogP contribution in [-0.2, 0) is 21.3 Å². The Kier molecular flexibility index (Phi) is 7.98. The number of carboxylic acids is 1. The summed E-state index contributed by atoms with van der Waals surface area (Å²) in [4.78, 5) is 11.5. The number of carbonyl (C=O) groups is 1. The Morgan fingerprint density at radius 3 is 2.50 bits per heavy atom. The van der Waals surface area contributed by atoms with E-state index < -0.39 is 16.0 Å². The van der Waals surface area contributed by atoms with Crippen molar-refractivity contribution in [3.8, 4) is 0 Å². The quantitative estimate of drug-likeness (QED) is 0.495. The van der Waals surface area contributed by atoms with Crippen LogP contribution in [0.1, 0.15) is 36.2 Å². The highest BCUT2D eigenvalue weighted by Crippen LogP contribution is 2.21. The Morgan fingerprint density at radius 1 is 1.14 bits per heavy atom. The van der Waals surface area contributed by atoms with E-state index in [1.165, 1.54) is 18.2 Å². The molecule has 0 amide bonds. The molecule has 0 atom stereocenters. The minimum Gasteiger partial charge on any atom is -0.478 e. The highest BCUT2D eigenvalue weighted by atomic mass is 32.2. The van der Waals surface area contributed by atoms with Crippen LogP contribution in [0.4, 0.5) is 5.69 Å². The summed E-state index contributed by atoms with van der Waals surface area (Å²) in [5.74, 6) is -1.19. The average molecular weight is 407 g/mol. The third kappa shape index (κ3) is 6.63. The fourth-order valence-corrected chi connectivity index (χ4v) is 3.54. The summed E-state index contributed by atoms with van der Waals surface area (Å²) in [5, 5.41) is 12.5. The molecule has 152 valence electrons. The molecule has 0 radical (unpaired) electrons. The van der Waals surface area contributed by atoms with Crippen molar-refractivity contribution in [3.63, 3.8) is 0 Å². The SMILES string of the molecule is CC(C)OCCCNc1ccc(S(=O)(=O)NCc2ccccc2)cc1C(=O)O. The summed E-state index contributed by atoms with van der Waals surface area (Å²) in [6.07, 6.45) is 0.845. The third-order valence-corrected chi connectivity index (χ3v) is 5.33. The molecular formula is C20H26N2O5S. The molecule has 0 saturated heterocycles. The molecule has 0 heterocycles. The predicted octanol–water partition coefficient (Wildman–Crippen LogP) is 3.09. The molecule has 2 aromatic carbocycles. The normalized spacial score (nSPS) is 11.5. The summed E-state index contributed by atoms with van der Waals surface area (Å²) in [6.45, 7) is 5.09. The number of benzene rings is 2. The van der Waals surface area contributed by atoms with Crippen LogP contribution in [0.15, 0.2) is 53.4 Å². The van der Waals surface area contributed by atoms with Crippen LogP contribution < -0.4 is 10.0 Å². The van der Waals surface area contributed by atoms with E-state index in [9.17, 15) is 18.3 Å². The first-order valence-electron chi connectivity index (χ1n) is 9.06. The number of carboxylic acid groups (broad SMARTS) is 1. The number of sulfonamides is 1. The van der Waals surface area contributed by atoms with Crippen LogP contribution in [0.5, 0.6) is 0 Å². The third-order valence-electron chi connectivity index (χ3n) is 3.93. The number of aromatic carboxylic acids is 1. The van der Waals surface area contributed by atoms with Gasteiger partial charge in [0.25, 0.3) is 0 Å². The molecule has 0 fully saturated rings. The van der Waals surface area contributed by atoms with Crippen LogP contribution in [0, 0.1) is 0 Å². The molecule has 2 aromatic rings. The zero-order chi connectivity index (χ0) is 20.6. The van der Waals surface area contributed by atoms with Gasteiger partial charge in [-0.25, -0.2) is 17.9 Å². The van der Waals surface area contributed by atoms with Crippen molar-refractivity contribution in [2.45, 2.75) is 37.8 Å². The summed E-state index contributed by atoms with van der Waals surface area (Å²) in [7, 11) is -3.83. The van der Waals surface area contributed by atoms with Gasteiger partial charge >= 0.3 is 5.97 Å². The monoisotopic (exact) mass is 406 g/mol. The molecule has 0 unspecified atom stereocenters. The Hall–Kier alpha value is -2.42. The van der Waals surface area contributed by atoms with Crippen molar-refractivity contribution in [1.82, 2.24) is 4.72 Å². The van der Waals surface area contributed by atoms with E-state index in [0.29, 0.717) is 25.3 Å². The van der Waals surface area contributed by atoms with Crippen molar-refractivity contribution in [2.24, 2.45) is 0 Å². The zero-order valence-corrected chi connectivity index (χ0v) is 16.8. The summed E-state index contributed by atoms with van der Waals surface area (Å²) < 4.78 is 33.0. The van der Waals surface area contributed by atoms with Gasteiger partial charge in [-0.05, 0) is 44.0 Å². The molecule has 2 rings (SSSR count). The maximum atomic E-state index is 12.5. The van der Waals surface area contributed by atoms with Gasteiger partial charge < -0.3 is 15.2 Å². The van der Waals surface area contributed by atoms with E-state index in [-0.39, 0.29) is 23.1 Å². The second-order valence-electron chi connectivity index (χ2n) is 6.52. The topological polar surface area (TPSA) is 105 Å². The van der Waals surface area contributed by atoms with E-state index in [4.69, 9.17) is 4.74 Å². The van der Waals surface area contributed by atoms with E-state index in [1.54, 1.807) is 12.1 Å². The minimum atomic E-state index is -3.83. The summed E-state index contributed by atoms with van der Waals surface area (Å²) in [5.41, 5.74) is 1.10. The lowest BCUT2D eigenvalue weighted by atomic mass is 10.2. The second kappa shape index (κ2) is 10.2. The van der Waals surface area contributed by atoms with Gasteiger partial charge in [-0.1, -0.05) is 30.3 Å². The van der Waals surface area contributed by atoms with E-state index in [1.807, 2.05) is 32.0 Å². The summed E-state index contributed by atoms with van der Waals surface area (Å²) in [6, 6.07) is 13.1. The number of hydrogen-bond donors (Lipinski definition) is 3. The van der Waals surface area contributed by atoms with E-state index in [0.717, 1.165) is 5.56 Å². The number of anilines is 1. The maximum absolute atomic E-state index is 12.5. The van der Waals surface area contributed by atoms with Crippen molar-refractivity contribution in [2.75, 3.05) is 18.5 Å². The number of hydrogen-bond acceptors (Lipinski definition) is 5. The van der Waals surface area contributed by atoms with Crippen LogP contribution in [0.2, 0.25) is 0 Å². The first-order chi connectivity index (χ1) is 13.3. The van der Waals surface area contributed by atoms with Crippen LogP contribution in [-0.4, -0.2) is 38.7 Å². The predicted molar refractivity (Wildman–Crippen MR) is 108 cm³/mol. The van der Waals surface area contributed by atoms with Gasteiger partial charge in [-0.2, -0.15) is 0 Å². The van der Waals surface area contributed by atoms with Gasteiger partial charge in [0.15, 0.2) is 0 Å². The molecule has 0 saturated carbocycles. The van der Waals surface area contributed by atoms with Crippen LogP contribution >= 0.6 is 0 Å². The molecule has 28 heavy (non-hydrogen) atoms.